The van der Waals surface area contributed by atoms with Crippen LogP contribution in [0, 0.1) is 11.6 Å². The number of aromatic nitrogens is 1. The van der Waals surface area contributed by atoms with Crippen LogP contribution in [0.4, 0.5) is 20.3 Å². The molecule has 0 fully saturated rings. The summed E-state index contributed by atoms with van der Waals surface area (Å²) in [4.78, 5) is 14.6. The molecule has 0 amide bonds. The molecule has 0 unspecified atom stereocenters. The first-order valence-corrected chi connectivity index (χ1v) is 5.87. The molecule has 0 bridgehead atoms. The third-order valence-corrected chi connectivity index (χ3v) is 2.91. The van der Waals surface area contributed by atoms with E-state index in [1.807, 2.05) is 0 Å². The maximum atomic E-state index is 13.3. The average Bonchev–Trinajstić information content (AvgIpc) is 2.36. The Labute approximate surface area is 115 Å². The zero-order chi connectivity index (χ0) is 14.0. The number of benzene rings is 1. The van der Waals surface area contributed by atoms with E-state index in [4.69, 9.17) is 5.11 Å². The summed E-state index contributed by atoms with van der Waals surface area (Å²) < 4.78 is 26.5. The summed E-state index contributed by atoms with van der Waals surface area (Å²) in [6.45, 7) is 0. The number of rotatable bonds is 3. The molecule has 0 saturated carbocycles. The zero-order valence-electron chi connectivity index (χ0n) is 9.32. The zero-order valence-corrected chi connectivity index (χ0v) is 10.9. The predicted molar refractivity (Wildman–Crippen MR) is 68.5 cm³/mol. The van der Waals surface area contributed by atoms with E-state index < -0.39 is 17.6 Å². The number of pyridine rings is 1. The van der Waals surface area contributed by atoms with Crippen LogP contribution in [-0.4, -0.2) is 16.1 Å². The third-order valence-electron chi connectivity index (χ3n) is 2.27. The van der Waals surface area contributed by atoms with Gasteiger partial charge in [-0.05, 0) is 40.2 Å². The van der Waals surface area contributed by atoms with E-state index in [0.717, 1.165) is 12.3 Å². The first kappa shape index (κ1) is 13.4. The van der Waals surface area contributed by atoms with Gasteiger partial charge >= 0.3 is 5.97 Å². The molecule has 0 aliphatic heterocycles. The lowest BCUT2D eigenvalue weighted by Gasteiger charge is -2.09. The van der Waals surface area contributed by atoms with Gasteiger partial charge in [0.15, 0.2) is 0 Å². The fourth-order valence-corrected chi connectivity index (χ4v) is 1.66. The van der Waals surface area contributed by atoms with Gasteiger partial charge in [0.1, 0.15) is 23.0 Å². The molecule has 98 valence electrons. The summed E-state index contributed by atoms with van der Waals surface area (Å²) in [6.07, 6.45) is 0.879. The smallest absolute Gasteiger partial charge is 0.339 e. The molecule has 4 nitrogen and oxygen atoms in total. The lowest BCUT2D eigenvalue weighted by molar-refractivity contribution is 0.0697. The summed E-state index contributed by atoms with van der Waals surface area (Å²) in [7, 11) is 0. The number of nitrogens with one attached hydrogen (secondary N) is 1. The molecule has 1 aromatic heterocycles. The number of nitrogens with zero attached hydrogens (tertiary/aromatic N) is 1. The van der Waals surface area contributed by atoms with Crippen LogP contribution in [0.15, 0.2) is 34.9 Å². The number of carboxylic acid groups (broad SMARTS) is 1. The monoisotopic (exact) mass is 328 g/mol. The van der Waals surface area contributed by atoms with Gasteiger partial charge in [0.25, 0.3) is 0 Å². The molecule has 0 aliphatic rings. The Kier molecular flexibility index (Phi) is 3.75. The van der Waals surface area contributed by atoms with Gasteiger partial charge < -0.3 is 10.4 Å². The second-order valence-electron chi connectivity index (χ2n) is 3.61. The Bertz CT molecular complexity index is 650. The molecule has 19 heavy (non-hydrogen) atoms. The molecule has 7 heteroatoms. The van der Waals surface area contributed by atoms with E-state index in [1.54, 1.807) is 0 Å². The fraction of sp³-hybridized carbons (Fsp3) is 0. The van der Waals surface area contributed by atoms with Crippen LogP contribution in [0.25, 0.3) is 0 Å². The fourth-order valence-electron chi connectivity index (χ4n) is 1.41. The van der Waals surface area contributed by atoms with Gasteiger partial charge in [0.05, 0.1) is 10.7 Å². The summed E-state index contributed by atoms with van der Waals surface area (Å²) in [6, 6.07) is 5.00. The maximum absolute atomic E-state index is 13.3. The van der Waals surface area contributed by atoms with Crippen molar-refractivity contribution < 1.29 is 18.7 Å². The normalized spacial score (nSPS) is 10.3. The van der Waals surface area contributed by atoms with Crippen LogP contribution in [-0.2, 0) is 0 Å². The van der Waals surface area contributed by atoms with E-state index in [9.17, 15) is 13.6 Å². The largest absolute Gasteiger partial charge is 0.478 e. The number of hydrogen-bond donors (Lipinski definition) is 2. The van der Waals surface area contributed by atoms with E-state index in [0.29, 0.717) is 5.69 Å². The number of hydrogen-bond acceptors (Lipinski definition) is 3. The molecule has 1 heterocycles. The van der Waals surface area contributed by atoms with Crippen molar-refractivity contribution in [1.82, 2.24) is 4.98 Å². The van der Waals surface area contributed by atoms with Gasteiger partial charge in [-0.1, -0.05) is 0 Å². The predicted octanol–water partition coefficient (Wildman–Crippen LogP) is 3.56. The molecular weight excluding hydrogens is 322 g/mol. The first-order valence-electron chi connectivity index (χ1n) is 5.08. The minimum atomic E-state index is -1.33. The van der Waals surface area contributed by atoms with Crippen LogP contribution in [0.2, 0.25) is 0 Å². The van der Waals surface area contributed by atoms with E-state index >= 15 is 0 Å². The van der Waals surface area contributed by atoms with Crippen molar-refractivity contribution in [2.45, 2.75) is 0 Å². The van der Waals surface area contributed by atoms with Crippen LogP contribution < -0.4 is 5.32 Å². The molecular formula is C12H7BrF2N2O2. The standard InChI is InChI=1S/C12H7BrF2N2O2/c13-9-2-1-7(4-10(9)15)17-11-8(12(18)19)3-6(14)5-16-11/h1-5H,(H,16,17)(H,18,19). The highest BCUT2D eigenvalue weighted by molar-refractivity contribution is 9.10. The molecule has 0 spiro atoms. The Hall–Kier alpha value is -2.02. The highest BCUT2D eigenvalue weighted by Gasteiger charge is 2.13. The minimum absolute atomic E-state index is 0.0596. The van der Waals surface area contributed by atoms with E-state index in [1.165, 1.54) is 18.2 Å². The van der Waals surface area contributed by atoms with E-state index in [-0.39, 0.29) is 15.9 Å². The second-order valence-corrected chi connectivity index (χ2v) is 4.46. The number of carboxylic acids is 1. The molecule has 2 N–H and O–H groups in total. The quantitative estimate of drug-likeness (QED) is 0.904. The Morgan fingerprint density at radius 2 is 2.05 bits per heavy atom. The summed E-state index contributed by atoms with van der Waals surface area (Å²) in [5.74, 6) is -2.66. The number of halogens is 3. The number of aromatic carboxylic acids is 1. The van der Waals surface area contributed by atoms with Gasteiger partial charge in [-0.25, -0.2) is 18.6 Å². The first-order chi connectivity index (χ1) is 8.97. The molecule has 2 rings (SSSR count). The molecule has 0 atom stereocenters. The van der Waals surface area contributed by atoms with Crippen LogP contribution in [0.1, 0.15) is 10.4 Å². The second kappa shape index (κ2) is 5.31. The highest BCUT2D eigenvalue weighted by atomic mass is 79.9. The lowest BCUT2D eigenvalue weighted by Crippen LogP contribution is -2.05. The maximum Gasteiger partial charge on any atom is 0.339 e. The van der Waals surface area contributed by atoms with Crippen molar-refractivity contribution in [3.05, 3.63) is 52.1 Å². The van der Waals surface area contributed by atoms with E-state index in [2.05, 4.69) is 26.2 Å². The molecule has 0 radical (unpaired) electrons. The SMILES string of the molecule is O=C(O)c1cc(F)cnc1Nc1ccc(Br)c(F)c1. The summed E-state index contributed by atoms with van der Waals surface area (Å²) >= 11 is 3.00. The summed E-state index contributed by atoms with van der Waals surface area (Å²) in [5, 5.41) is 11.6. The van der Waals surface area contributed by atoms with Crippen molar-refractivity contribution in [1.29, 1.82) is 0 Å². The van der Waals surface area contributed by atoms with Gasteiger partial charge in [-0.3, -0.25) is 0 Å². The van der Waals surface area contributed by atoms with Crippen molar-refractivity contribution in [2.24, 2.45) is 0 Å². The van der Waals surface area contributed by atoms with Crippen LogP contribution >= 0.6 is 15.9 Å². The Morgan fingerprint density at radius 3 is 2.68 bits per heavy atom. The van der Waals surface area contributed by atoms with Crippen LogP contribution in [0.3, 0.4) is 0 Å². The topological polar surface area (TPSA) is 62.2 Å². The Balaban J connectivity index is 2.37. The van der Waals surface area contributed by atoms with Gasteiger partial charge in [-0.15, -0.1) is 0 Å². The molecule has 2 aromatic rings. The van der Waals surface area contributed by atoms with Crippen molar-refractivity contribution >= 4 is 33.4 Å². The van der Waals surface area contributed by atoms with Gasteiger partial charge in [0, 0.05) is 5.69 Å². The number of carbonyl (C=O) groups is 1. The van der Waals surface area contributed by atoms with Gasteiger partial charge in [-0.2, -0.15) is 0 Å². The minimum Gasteiger partial charge on any atom is -0.478 e. The van der Waals surface area contributed by atoms with Gasteiger partial charge in [0.2, 0.25) is 0 Å². The van der Waals surface area contributed by atoms with Crippen LogP contribution in [0.5, 0.6) is 0 Å². The average molecular weight is 329 g/mol. The lowest BCUT2D eigenvalue weighted by atomic mass is 10.2. The third kappa shape index (κ3) is 3.05. The highest BCUT2D eigenvalue weighted by Crippen LogP contribution is 2.23. The molecule has 1 aromatic carbocycles. The van der Waals surface area contributed by atoms with Crippen molar-refractivity contribution in [2.75, 3.05) is 5.32 Å². The summed E-state index contributed by atoms with van der Waals surface area (Å²) in [5.41, 5.74) is -0.0226. The van der Waals surface area contributed by atoms with Crippen molar-refractivity contribution in [3.8, 4) is 0 Å². The molecule has 0 aliphatic carbocycles. The Morgan fingerprint density at radius 1 is 1.32 bits per heavy atom. The van der Waals surface area contributed by atoms with Crippen molar-refractivity contribution in [3.63, 3.8) is 0 Å². The molecule has 0 saturated heterocycles. The number of anilines is 2.